The summed E-state index contributed by atoms with van der Waals surface area (Å²) >= 11 is 0. The van der Waals surface area contributed by atoms with Crippen molar-refractivity contribution >= 4 is 22.1 Å². The monoisotopic (exact) mass is 290 g/mol. The van der Waals surface area contributed by atoms with E-state index in [0.717, 1.165) is 23.7 Å². The van der Waals surface area contributed by atoms with Gasteiger partial charge >= 0.3 is 0 Å². The maximum absolute atomic E-state index is 3.97. The Kier molecular flexibility index (Phi) is 2.03. The van der Waals surface area contributed by atoms with E-state index in [1.54, 1.807) is 0 Å². The summed E-state index contributed by atoms with van der Waals surface area (Å²) in [6.07, 6.45) is 7.17. The first kappa shape index (κ1) is 11.8. The molecule has 0 saturated heterocycles. The van der Waals surface area contributed by atoms with Crippen molar-refractivity contribution in [1.82, 2.24) is 0 Å². The van der Waals surface area contributed by atoms with Crippen LogP contribution in [0, 0.1) is 23.7 Å². The normalized spacial score (nSPS) is 36.4. The van der Waals surface area contributed by atoms with Gasteiger partial charge in [-0.3, -0.25) is 0 Å². The minimum Gasteiger partial charge on any atom is -0.362 e. The molecule has 3 aliphatic carbocycles. The molecule has 2 aromatic carbocycles. The molecule has 2 heteroatoms. The van der Waals surface area contributed by atoms with Crippen LogP contribution in [0.4, 0.5) is 11.4 Å². The number of rotatable bonds is 0. The lowest BCUT2D eigenvalue weighted by atomic mass is 9.74. The van der Waals surface area contributed by atoms with E-state index in [-0.39, 0.29) is 5.66 Å². The molecule has 0 amide bonds. The molecule has 112 valence electrons. The first-order chi connectivity index (χ1) is 10.8. The van der Waals surface area contributed by atoms with Crippen molar-refractivity contribution < 1.29 is 0 Å². The largest absolute Gasteiger partial charge is 0.362 e. The lowest BCUT2D eigenvalue weighted by Gasteiger charge is -2.48. The highest BCUT2D eigenvalue weighted by Crippen LogP contribution is 2.64. The third-order valence-electron chi connectivity index (χ3n) is 7.14. The third-order valence-corrected chi connectivity index (χ3v) is 7.14. The second kappa shape index (κ2) is 3.79. The molecule has 6 rings (SSSR count). The molecule has 4 atom stereocenters. The Morgan fingerprint density at radius 1 is 0.909 bits per heavy atom. The van der Waals surface area contributed by atoms with Crippen molar-refractivity contribution in [2.24, 2.45) is 23.7 Å². The highest BCUT2D eigenvalue weighted by Gasteiger charge is 2.61. The van der Waals surface area contributed by atoms with E-state index < -0.39 is 0 Å². The SMILES string of the molecule is c1cc2c3c(cccc3c1)NC1(CC3CC1C1CCCC31)N2. The van der Waals surface area contributed by atoms with Crippen molar-refractivity contribution in [3.05, 3.63) is 36.4 Å². The van der Waals surface area contributed by atoms with Gasteiger partial charge in [0, 0.05) is 22.7 Å². The highest BCUT2D eigenvalue weighted by atomic mass is 15.2. The molecule has 2 bridgehead atoms. The fourth-order valence-corrected chi connectivity index (χ4v) is 6.49. The molecule has 3 saturated carbocycles. The molecule has 2 nitrogen and oxygen atoms in total. The van der Waals surface area contributed by atoms with Gasteiger partial charge in [0.2, 0.25) is 0 Å². The maximum atomic E-state index is 3.97. The van der Waals surface area contributed by atoms with Crippen LogP contribution in [-0.2, 0) is 0 Å². The van der Waals surface area contributed by atoms with Crippen LogP contribution in [0.3, 0.4) is 0 Å². The van der Waals surface area contributed by atoms with E-state index in [4.69, 9.17) is 0 Å². The van der Waals surface area contributed by atoms with E-state index in [1.165, 1.54) is 54.3 Å². The molecule has 0 radical (unpaired) electrons. The van der Waals surface area contributed by atoms with Gasteiger partial charge in [-0.15, -0.1) is 0 Å². The van der Waals surface area contributed by atoms with E-state index in [2.05, 4.69) is 47.0 Å². The standard InChI is InChI=1S/C20H22N2/c1-4-12-5-2-9-18-19(12)17(8-1)21-20(22-18)11-13-10-16(20)15-7-3-6-14(13)15/h1-2,4-5,8-9,13-16,21-22H,3,6-7,10-11H2. The first-order valence-corrected chi connectivity index (χ1v) is 8.92. The molecule has 1 aliphatic heterocycles. The number of fused-ring (bicyclic) bond motifs is 6. The summed E-state index contributed by atoms with van der Waals surface area (Å²) in [5.74, 6) is 3.76. The van der Waals surface area contributed by atoms with Gasteiger partial charge in [0.25, 0.3) is 0 Å². The highest BCUT2D eigenvalue weighted by molar-refractivity contribution is 6.05. The Balaban J connectivity index is 1.49. The van der Waals surface area contributed by atoms with Gasteiger partial charge in [0.15, 0.2) is 0 Å². The number of anilines is 2. The summed E-state index contributed by atoms with van der Waals surface area (Å²) in [6, 6.07) is 13.4. The van der Waals surface area contributed by atoms with Crippen LogP contribution in [0.25, 0.3) is 10.8 Å². The van der Waals surface area contributed by atoms with E-state index >= 15 is 0 Å². The topological polar surface area (TPSA) is 24.1 Å². The van der Waals surface area contributed by atoms with Crippen LogP contribution in [0.2, 0.25) is 0 Å². The molecule has 4 unspecified atom stereocenters. The van der Waals surface area contributed by atoms with Crippen LogP contribution in [0.5, 0.6) is 0 Å². The summed E-state index contributed by atoms with van der Waals surface area (Å²) in [5.41, 5.74) is 2.81. The summed E-state index contributed by atoms with van der Waals surface area (Å²) in [6.45, 7) is 0. The Morgan fingerprint density at radius 3 is 2.41 bits per heavy atom. The van der Waals surface area contributed by atoms with Crippen LogP contribution < -0.4 is 10.6 Å². The zero-order valence-corrected chi connectivity index (χ0v) is 12.8. The van der Waals surface area contributed by atoms with Crippen LogP contribution >= 0.6 is 0 Å². The summed E-state index contributed by atoms with van der Waals surface area (Å²) < 4.78 is 0. The predicted octanol–water partition coefficient (Wildman–Crippen LogP) is 4.83. The molecule has 4 aliphatic rings. The molecule has 0 aromatic heterocycles. The number of benzene rings is 2. The molecular formula is C20H22N2. The molecule has 1 heterocycles. The van der Waals surface area contributed by atoms with Gasteiger partial charge in [-0.05, 0) is 61.0 Å². The van der Waals surface area contributed by atoms with Crippen molar-refractivity contribution in [2.45, 2.75) is 37.8 Å². The first-order valence-electron chi connectivity index (χ1n) is 8.92. The van der Waals surface area contributed by atoms with Gasteiger partial charge in [-0.1, -0.05) is 30.7 Å². The quantitative estimate of drug-likeness (QED) is 0.726. The summed E-state index contributed by atoms with van der Waals surface area (Å²) in [7, 11) is 0. The lowest BCUT2D eigenvalue weighted by molar-refractivity contribution is 0.191. The van der Waals surface area contributed by atoms with Crippen molar-refractivity contribution in [3.63, 3.8) is 0 Å². The van der Waals surface area contributed by atoms with Gasteiger partial charge in [-0.2, -0.15) is 0 Å². The molecule has 2 N–H and O–H groups in total. The van der Waals surface area contributed by atoms with Crippen LogP contribution in [-0.4, -0.2) is 5.66 Å². The minimum atomic E-state index is 0.124. The molecule has 3 fully saturated rings. The number of hydrogen-bond donors (Lipinski definition) is 2. The summed E-state index contributed by atoms with van der Waals surface area (Å²) in [5, 5.41) is 10.7. The average Bonchev–Trinajstić information content (AvgIpc) is 3.19. The Hall–Kier alpha value is -1.70. The smallest absolute Gasteiger partial charge is 0.111 e. The Labute approximate surface area is 131 Å². The minimum absolute atomic E-state index is 0.124. The van der Waals surface area contributed by atoms with Crippen molar-refractivity contribution in [3.8, 4) is 0 Å². The fourth-order valence-electron chi connectivity index (χ4n) is 6.49. The maximum Gasteiger partial charge on any atom is 0.111 e. The van der Waals surface area contributed by atoms with Crippen LogP contribution in [0.1, 0.15) is 32.1 Å². The summed E-state index contributed by atoms with van der Waals surface area (Å²) in [4.78, 5) is 0. The zero-order valence-electron chi connectivity index (χ0n) is 12.8. The molecule has 1 spiro atoms. The third kappa shape index (κ3) is 1.28. The molecule has 22 heavy (non-hydrogen) atoms. The molecular weight excluding hydrogens is 268 g/mol. The number of hydrogen-bond acceptors (Lipinski definition) is 2. The van der Waals surface area contributed by atoms with E-state index in [9.17, 15) is 0 Å². The molecule has 2 aromatic rings. The zero-order chi connectivity index (χ0) is 14.3. The second-order valence-electron chi connectivity index (χ2n) is 8.00. The average molecular weight is 290 g/mol. The Morgan fingerprint density at radius 2 is 1.64 bits per heavy atom. The van der Waals surface area contributed by atoms with E-state index in [1.807, 2.05) is 0 Å². The second-order valence-corrected chi connectivity index (χ2v) is 8.00. The predicted molar refractivity (Wildman–Crippen MR) is 91.0 cm³/mol. The van der Waals surface area contributed by atoms with Gasteiger partial charge in [0.05, 0.1) is 0 Å². The van der Waals surface area contributed by atoms with Crippen LogP contribution in [0.15, 0.2) is 36.4 Å². The van der Waals surface area contributed by atoms with Gasteiger partial charge in [0.1, 0.15) is 5.66 Å². The van der Waals surface area contributed by atoms with Crippen molar-refractivity contribution in [1.29, 1.82) is 0 Å². The lowest BCUT2D eigenvalue weighted by Crippen LogP contribution is -2.55. The van der Waals surface area contributed by atoms with E-state index in [0.29, 0.717) is 0 Å². The Bertz CT molecular complexity index is 740. The van der Waals surface area contributed by atoms with Gasteiger partial charge in [-0.25, -0.2) is 0 Å². The van der Waals surface area contributed by atoms with Gasteiger partial charge < -0.3 is 10.6 Å². The number of nitrogens with one attached hydrogen (secondary N) is 2. The fraction of sp³-hybridized carbons (Fsp3) is 0.500. The van der Waals surface area contributed by atoms with Crippen molar-refractivity contribution in [2.75, 3.05) is 10.6 Å².